The van der Waals surface area contributed by atoms with E-state index in [9.17, 15) is 0 Å². The fourth-order valence-corrected chi connectivity index (χ4v) is 2.54. The molecular formula is C10H12BrN3OS. The Morgan fingerprint density at radius 2 is 2.38 bits per heavy atom. The first-order chi connectivity index (χ1) is 7.65. The van der Waals surface area contributed by atoms with Crippen molar-refractivity contribution in [3.05, 3.63) is 26.6 Å². The van der Waals surface area contributed by atoms with Crippen LogP contribution in [-0.4, -0.2) is 10.1 Å². The summed E-state index contributed by atoms with van der Waals surface area (Å²) < 4.78 is 6.17. The van der Waals surface area contributed by atoms with Crippen molar-refractivity contribution in [2.75, 3.05) is 5.32 Å². The highest BCUT2D eigenvalue weighted by molar-refractivity contribution is 9.10. The summed E-state index contributed by atoms with van der Waals surface area (Å²) in [5, 5.41) is 9.02. The van der Waals surface area contributed by atoms with Gasteiger partial charge in [0.2, 0.25) is 0 Å². The molecule has 2 rings (SSSR count). The lowest BCUT2D eigenvalue weighted by molar-refractivity contribution is 0.419. The van der Waals surface area contributed by atoms with E-state index in [2.05, 4.69) is 37.5 Å². The second-order valence-corrected chi connectivity index (χ2v) is 5.61. The van der Waals surface area contributed by atoms with E-state index in [-0.39, 0.29) is 5.92 Å². The summed E-state index contributed by atoms with van der Waals surface area (Å²) in [6.45, 7) is 4.77. The van der Waals surface area contributed by atoms with Crippen LogP contribution in [0.25, 0.3) is 0 Å². The molecule has 16 heavy (non-hydrogen) atoms. The Morgan fingerprint density at radius 3 is 2.94 bits per heavy atom. The third kappa shape index (κ3) is 2.82. The van der Waals surface area contributed by atoms with E-state index in [0.717, 1.165) is 10.3 Å². The molecule has 0 bridgehead atoms. The summed E-state index contributed by atoms with van der Waals surface area (Å²) in [7, 11) is 0. The molecule has 0 amide bonds. The highest BCUT2D eigenvalue weighted by Gasteiger charge is 2.09. The molecule has 2 heterocycles. The Morgan fingerprint density at radius 1 is 1.56 bits per heavy atom. The van der Waals surface area contributed by atoms with Crippen molar-refractivity contribution >= 4 is 33.3 Å². The van der Waals surface area contributed by atoms with Crippen LogP contribution >= 0.6 is 27.3 Å². The van der Waals surface area contributed by atoms with Crippen LogP contribution in [0, 0.1) is 0 Å². The molecule has 1 N–H and O–H groups in total. The van der Waals surface area contributed by atoms with E-state index in [4.69, 9.17) is 4.52 Å². The highest BCUT2D eigenvalue weighted by Crippen LogP contribution is 2.20. The number of anilines is 1. The molecule has 0 radical (unpaired) electrons. The second kappa shape index (κ2) is 4.97. The van der Waals surface area contributed by atoms with Crippen molar-refractivity contribution in [2.24, 2.45) is 0 Å². The SMILES string of the molecule is CC(C)c1noc(NCc2cc(Br)cs2)n1. The molecule has 2 aromatic rings. The number of halogens is 1. The van der Waals surface area contributed by atoms with Crippen LogP contribution in [0.2, 0.25) is 0 Å². The molecule has 0 saturated carbocycles. The van der Waals surface area contributed by atoms with Gasteiger partial charge >= 0.3 is 6.01 Å². The third-order valence-corrected chi connectivity index (χ3v) is 3.69. The van der Waals surface area contributed by atoms with E-state index in [1.165, 1.54) is 4.88 Å². The number of nitrogens with one attached hydrogen (secondary N) is 1. The molecule has 0 saturated heterocycles. The largest absolute Gasteiger partial charge is 0.333 e. The van der Waals surface area contributed by atoms with Crippen molar-refractivity contribution in [1.29, 1.82) is 0 Å². The molecule has 86 valence electrons. The lowest BCUT2D eigenvalue weighted by Gasteiger charge is -1.96. The van der Waals surface area contributed by atoms with Gasteiger partial charge in [0.1, 0.15) is 0 Å². The minimum absolute atomic E-state index is 0.287. The Kier molecular flexibility index (Phi) is 3.60. The summed E-state index contributed by atoms with van der Waals surface area (Å²) in [6, 6.07) is 2.55. The van der Waals surface area contributed by atoms with Crippen LogP contribution in [0.1, 0.15) is 30.5 Å². The van der Waals surface area contributed by atoms with E-state index < -0.39 is 0 Å². The Bertz CT molecular complexity index is 466. The van der Waals surface area contributed by atoms with Crippen LogP contribution in [0.5, 0.6) is 0 Å². The van der Waals surface area contributed by atoms with Crippen LogP contribution in [-0.2, 0) is 6.54 Å². The maximum atomic E-state index is 5.08. The van der Waals surface area contributed by atoms with Gasteiger partial charge in [-0.2, -0.15) is 4.98 Å². The van der Waals surface area contributed by atoms with Gasteiger partial charge in [0.25, 0.3) is 0 Å². The minimum atomic E-state index is 0.287. The van der Waals surface area contributed by atoms with Crippen molar-refractivity contribution < 1.29 is 4.52 Å². The number of thiophene rings is 1. The molecule has 0 unspecified atom stereocenters. The first-order valence-corrected chi connectivity index (χ1v) is 6.63. The number of rotatable bonds is 4. The van der Waals surface area contributed by atoms with E-state index in [1.54, 1.807) is 11.3 Å². The number of hydrogen-bond donors (Lipinski definition) is 1. The monoisotopic (exact) mass is 301 g/mol. The average molecular weight is 302 g/mol. The predicted molar refractivity (Wildman–Crippen MR) is 67.7 cm³/mol. The number of aromatic nitrogens is 2. The zero-order valence-electron chi connectivity index (χ0n) is 9.03. The Labute approximate surface area is 106 Å². The first-order valence-electron chi connectivity index (χ1n) is 4.95. The van der Waals surface area contributed by atoms with Gasteiger partial charge < -0.3 is 9.84 Å². The maximum Gasteiger partial charge on any atom is 0.321 e. The van der Waals surface area contributed by atoms with Crippen molar-refractivity contribution in [1.82, 2.24) is 10.1 Å². The Hall–Kier alpha value is -0.880. The minimum Gasteiger partial charge on any atom is -0.333 e. The first kappa shape index (κ1) is 11.6. The summed E-state index contributed by atoms with van der Waals surface area (Å²) in [5.41, 5.74) is 0. The topological polar surface area (TPSA) is 51.0 Å². The average Bonchev–Trinajstić information content (AvgIpc) is 2.83. The molecule has 0 aliphatic heterocycles. The summed E-state index contributed by atoms with van der Waals surface area (Å²) in [5.74, 6) is 1.02. The van der Waals surface area contributed by atoms with Gasteiger partial charge in [-0.05, 0) is 22.0 Å². The quantitative estimate of drug-likeness (QED) is 0.937. The van der Waals surface area contributed by atoms with Gasteiger partial charge in [-0.1, -0.05) is 19.0 Å². The molecule has 0 spiro atoms. The van der Waals surface area contributed by atoms with Crippen molar-refractivity contribution in [3.63, 3.8) is 0 Å². The molecule has 2 aromatic heterocycles. The lowest BCUT2D eigenvalue weighted by atomic mass is 10.2. The van der Waals surface area contributed by atoms with Gasteiger partial charge in [-0.3, -0.25) is 0 Å². The molecule has 0 atom stereocenters. The van der Waals surface area contributed by atoms with Crippen molar-refractivity contribution in [3.8, 4) is 0 Å². The van der Waals surface area contributed by atoms with E-state index in [1.807, 2.05) is 19.2 Å². The zero-order valence-corrected chi connectivity index (χ0v) is 11.4. The van der Waals surface area contributed by atoms with Crippen LogP contribution in [0.4, 0.5) is 6.01 Å². The molecule has 0 aliphatic carbocycles. The van der Waals surface area contributed by atoms with Crippen LogP contribution < -0.4 is 5.32 Å². The van der Waals surface area contributed by atoms with Crippen LogP contribution in [0.15, 0.2) is 20.4 Å². The second-order valence-electron chi connectivity index (χ2n) is 3.70. The van der Waals surface area contributed by atoms with Crippen molar-refractivity contribution in [2.45, 2.75) is 26.3 Å². The fourth-order valence-electron chi connectivity index (χ4n) is 1.15. The molecule has 0 aliphatic rings. The molecule has 0 aromatic carbocycles. The summed E-state index contributed by atoms with van der Waals surface area (Å²) in [4.78, 5) is 5.45. The lowest BCUT2D eigenvalue weighted by Crippen LogP contribution is -1.98. The molecule has 6 heteroatoms. The van der Waals surface area contributed by atoms with Gasteiger partial charge in [0.05, 0.1) is 6.54 Å². The number of nitrogens with zero attached hydrogens (tertiary/aromatic N) is 2. The Balaban J connectivity index is 1.94. The smallest absolute Gasteiger partial charge is 0.321 e. The molecule has 0 fully saturated rings. The number of hydrogen-bond acceptors (Lipinski definition) is 5. The van der Waals surface area contributed by atoms with Gasteiger partial charge in [0.15, 0.2) is 5.82 Å². The normalized spacial score (nSPS) is 11.0. The van der Waals surface area contributed by atoms with Gasteiger partial charge in [-0.15, -0.1) is 11.3 Å². The standard InChI is InChI=1S/C10H12BrN3OS/c1-6(2)9-13-10(15-14-9)12-4-8-3-7(11)5-16-8/h3,5-6H,4H2,1-2H3,(H,12,13,14). The summed E-state index contributed by atoms with van der Waals surface area (Å²) >= 11 is 5.10. The zero-order chi connectivity index (χ0) is 11.5. The van der Waals surface area contributed by atoms with Gasteiger partial charge in [0, 0.05) is 20.6 Å². The summed E-state index contributed by atoms with van der Waals surface area (Å²) in [6.07, 6.45) is 0. The highest BCUT2D eigenvalue weighted by atomic mass is 79.9. The maximum absolute atomic E-state index is 5.08. The van der Waals surface area contributed by atoms with Gasteiger partial charge in [-0.25, -0.2) is 0 Å². The predicted octanol–water partition coefficient (Wildman–Crippen LogP) is 3.63. The van der Waals surface area contributed by atoms with E-state index >= 15 is 0 Å². The molecule has 4 nitrogen and oxygen atoms in total. The fraction of sp³-hybridized carbons (Fsp3) is 0.400. The van der Waals surface area contributed by atoms with E-state index in [0.29, 0.717) is 12.6 Å². The molecular weight excluding hydrogens is 290 g/mol. The van der Waals surface area contributed by atoms with Crippen LogP contribution in [0.3, 0.4) is 0 Å². The third-order valence-electron chi connectivity index (χ3n) is 1.99.